The van der Waals surface area contributed by atoms with Crippen LogP contribution in [0.2, 0.25) is 0 Å². The molecule has 1 aromatic rings. The monoisotopic (exact) mass is 256 g/mol. The zero-order valence-corrected chi connectivity index (χ0v) is 10.4. The van der Waals surface area contributed by atoms with Crippen molar-refractivity contribution in [2.75, 3.05) is 5.75 Å². The summed E-state index contributed by atoms with van der Waals surface area (Å²) in [5.41, 5.74) is 0. The van der Waals surface area contributed by atoms with Crippen molar-refractivity contribution >= 4 is 34.6 Å². The molecule has 1 atom stereocenters. The number of thioether (sulfide) groups is 2. The van der Waals surface area contributed by atoms with Gasteiger partial charge < -0.3 is 5.11 Å². The number of hydrogen-bond acceptors (Lipinski definition) is 4. The highest BCUT2D eigenvalue weighted by atomic mass is 32.2. The van der Waals surface area contributed by atoms with Gasteiger partial charge in [-0.1, -0.05) is 30.0 Å². The summed E-state index contributed by atoms with van der Waals surface area (Å²) in [5.74, 6) is -0.591. The van der Waals surface area contributed by atoms with E-state index in [2.05, 4.69) is 0 Å². The second-order valence-electron chi connectivity index (χ2n) is 3.06. The van der Waals surface area contributed by atoms with E-state index in [-0.39, 0.29) is 5.12 Å². The summed E-state index contributed by atoms with van der Waals surface area (Å²) >= 11 is 2.31. The molecule has 0 aromatic heterocycles. The third-order valence-electron chi connectivity index (χ3n) is 1.73. The van der Waals surface area contributed by atoms with Crippen LogP contribution in [0, 0.1) is 0 Å². The minimum atomic E-state index is -0.886. The first kappa shape index (κ1) is 13.1. The first-order chi connectivity index (χ1) is 7.59. The van der Waals surface area contributed by atoms with Crippen LogP contribution in [0.25, 0.3) is 0 Å². The van der Waals surface area contributed by atoms with Gasteiger partial charge in [0.25, 0.3) is 0 Å². The van der Waals surface area contributed by atoms with Crippen LogP contribution in [0.3, 0.4) is 0 Å². The molecule has 0 aliphatic carbocycles. The van der Waals surface area contributed by atoms with Crippen LogP contribution in [0.5, 0.6) is 0 Å². The van der Waals surface area contributed by atoms with E-state index < -0.39 is 11.2 Å². The number of carboxylic acid groups (broad SMARTS) is 1. The van der Waals surface area contributed by atoms with E-state index in [0.29, 0.717) is 5.75 Å². The Morgan fingerprint density at radius 1 is 1.31 bits per heavy atom. The molecule has 0 bridgehead atoms. The summed E-state index contributed by atoms with van der Waals surface area (Å²) in [6.45, 7) is 1.44. The van der Waals surface area contributed by atoms with Gasteiger partial charge in [0.2, 0.25) is 0 Å². The second-order valence-corrected chi connectivity index (χ2v) is 5.53. The van der Waals surface area contributed by atoms with E-state index in [0.717, 1.165) is 16.7 Å². The highest BCUT2D eigenvalue weighted by Crippen LogP contribution is 2.25. The molecule has 1 aromatic carbocycles. The fraction of sp³-hybridized carbons (Fsp3) is 0.273. The van der Waals surface area contributed by atoms with Gasteiger partial charge in [-0.2, -0.15) is 0 Å². The predicted octanol–water partition coefficient (Wildman–Crippen LogP) is 2.51. The number of benzene rings is 1. The quantitative estimate of drug-likeness (QED) is 0.820. The predicted molar refractivity (Wildman–Crippen MR) is 66.9 cm³/mol. The van der Waals surface area contributed by atoms with E-state index in [1.807, 2.05) is 30.3 Å². The van der Waals surface area contributed by atoms with Crippen LogP contribution in [-0.4, -0.2) is 27.2 Å². The van der Waals surface area contributed by atoms with Gasteiger partial charge in [-0.05, 0) is 12.1 Å². The maximum Gasteiger partial charge on any atom is 0.317 e. The van der Waals surface area contributed by atoms with Crippen molar-refractivity contribution in [3.8, 4) is 0 Å². The Kier molecular flexibility index (Phi) is 5.42. The summed E-state index contributed by atoms with van der Waals surface area (Å²) in [7, 11) is 0. The van der Waals surface area contributed by atoms with Crippen LogP contribution in [0.1, 0.15) is 6.92 Å². The Morgan fingerprint density at radius 2 is 1.94 bits per heavy atom. The summed E-state index contributed by atoms with van der Waals surface area (Å²) < 4.78 is 0. The molecule has 1 unspecified atom stereocenters. The third-order valence-corrected chi connectivity index (χ3v) is 4.05. The Morgan fingerprint density at radius 3 is 2.44 bits per heavy atom. The lowest BCUT2D eigenvalue weighted by Crippen LogP contribution is -2.19. The average Bonchev–Trinajstić information content (AvgIpc) is 2.25. The van der Waals surface area contributed by atoms with Gasteiger partial charge in [0.05, 0.1) is 0 Å². The minimum absolute atomic E-state index is 0.0556. The zero-order chi connectivity index (χ0) is 12.0. The van der Waals surface area contributed by atoms with Gasteiger partial charge in [0.1, 0.15) is 5.25 Å². The molecule has 0 spiro atoms. The van der Waals surface area contributed by atoms with Gasteiger partial charge in [0.15, 0.2) is 5.12 Å². The molecule has 86 valence electrons. The molecular weight excluding hydrogens is 244 g/mol. The summed E-state index contributed by atoms with van der Waals surface area (Å²) in [5, 5.41) is 8.36. The maximum absolute atomic E-state index is 11.0. The number of aliphatic carboxylic acids is 1. The van der Waals surface area contributed by atoms with E-state index in [4.69, 9.17) is 5.11 Å². The molecule has 0 radical (unpaired) electrons. The summed E-state index contributed by atoms with van der Waals surface area (Å²) in [6.07, 6.45) is 0. The largest absolute Gasteiger partial charge is 0.480 e. The van der Waals surface area contributed by atoms with E-state index in [9.17, 15) is 9.59 Å². The Hall–Kier alpha value is -0.940. The number of rotatable bonds is 5. The van der Waals surface area contributed by atoms with Crippen molar-refractivity contribution in [2.45, 2.75) is 17.1 Å². The first-order valence-corrected chi connectivity index (χ1v) is 6.54. The topological polar surface area (TPSA) is 54.4 Å². The van der Waals surface area contributed by atoms with Crippen molar-refractivity contribution in [1.29, 1.82) is 0 Å². The molecule has 0 aliphatic heterocycles. The number of carbonyl (C=O) groups is 2. The van der Waals surface area contributed by atoms with E-state index >= 15 is 0 Å². The highest BCUT2D eigenvalue weighted by molar-refractivity contribution is 8.14. The van der Waals surface area contributed by atoms with Crippen molar-refractivity contribution in [1.82, 2.24) is 0 Å². The van der Waals surface area contributed by atoms with Crippen LogP contribution in [-0.2, 0) is 9.59 Å². The molecular formula is C11H12O3S2. The molecule has 1 rings (SSSR count). The second kappa shape index (κ2) is 6.60. The van der Waals surface area contributed by atoms with E-state index in [1.165, 1.54) is 18.7 Å². The SMILES string of the molecule is CC(=O)SCC(Sc1ccccc1)C(=O)O. The third kappa shape index (κ3) is 4.72. The molecule has 0 aliphatic rings. The molecule has 5 heteroatoms. The standard InChI is InChI=1S/C11H12O3S2/c1-8(12)15-7-10(11(13)14)16-9-5-3-2-4-6-9/h2-6,10H,7H2,1H3,(H,13,14). The molecule has 0 saturated carbocycles. The Labute approximate surface area is 103 Å². The fourth-order valence-electron chi connectivity index (χ4n) is 1.01. The van der Waals surface area contributed by atoms with Gasteiger partial charge in [-0.15, -0.1) is 11.8 Å². The van der Waals surface area contributed by atoms with Crippen molar-refractivity contribution < 1.29 is 14.7 Å². The fourth-order valence-corrected chi connectivity index (χ4v) is 2.76. The number of carbonyl (C=O) groups excluding carboxylic acids is 1. The normalized spacial score (nSPS) is 12.1. The van der Waals surface area contributed by atoms with Gasteiger partial charge in [0, 0.05) is 17.6 Å². The van der Waals surface area contributed by atoms with Crippen molar-refractivity contribution in [3.05, 3.63) is 30.3 Å². The van der Waals surface area contributed by atoms with Crippen LogP contribution >= 0.6 is 23.5 Å². The molecule has 3 nitrogen and oxygen atoms in total. The van der Waals surface area contributed by atoms with Crippen LogP contribution < -0.4 is 0 Å². The Balaban J connectivity index is 2.58. The lowest BCUT2D eigenvalue weighted by Gasteiger charge is -2.10. The van der Waals surface area contributed by atoms with Gasteiger partial charge in [-0.3, -0.25) is 9.59 Å². The first-order valence-electron chi connectivity index (χ1n) is 4.67. The summed E-state index contributed by atoms with van der Waals surface area (Å²) in [6, 6.07) is 9.32. The lowest BCUT2D eigenvalue weighted by molar-refractivity contribution is -0.135. The van der Waals surface area contributed by atoms with Gasteiger partial charge >= 0.3 is 5.97 Å². The molecule has 0 saturated heterocycles. The highest BCUT2D eigenvalue weighted by Gasteiger charge is 2.19. The zero-order valence-electron chi connectivity index (χ0n) is 8.75. The Bertz CT molecular complexity index is 365. The van der Waals surface area contributed by atoms with Crippen molar-refractivity contribution in [3.63, 3.8) is 0 Å². The smallest absolute Gasteiger partial charge is 0.317 e. The summed E-state index contributed by atoms with van der Waals surface area (Å²) in [4.78, 5) is 22.7. The molecule has 16 heavy (non-hydrogen) atoms. The molecule has 0 amide bonds. The number of hydrogen-bond donors (Lipinski definition) is 1. The number of carboxylic acids is 1. The molecule has 0 fully saturated rings. The van der Waals surface area contributed by atoms with Gasteiger partial charge in [-0.25, -0.2) is 0 Å². The molecule has 1 N–H and O–H groups in total. The van der Waals surface area contributed by atoms with Crippen LogP contribution in [0.15, 0.2) is 35.2 Å². The van der Waals surface area contributed by atoms with E-state index in [1.54, 1.807) is 0 Å². The minimum Gasteiger partial charge on any atom is -0.480 e. The average molecular weight is 256 g/mol. The lowest BCUT2D eigenvalue weighted by atomic mass is 10.4. The maximum atomic E-state index is 11.0. The van der Waals surface area contributed by atoms with Crippen LogP contribution in [0.4, 0.5) is 0 Å². The van der Waals surface area contributed by atoms with Crippen molar-refractivity contribution in [2.24, 2.45) is 0 Å². The molecule has 0 heterocycles.